The topological polar surface area (TPSA) is 49.4 Å². The van der Waals surface area contributed by atoms with E-state index in [0.29, 0.717) is 5.56 Å². The summed E-state index contributed by atoms with van der Waals surface area (Å²) in [6.45, 7) is 0.746. The first-order valence-electron chi connectivity index (χ1n) is 11.0. The van der Waals surface area contributed by atoms with Gasteiger partial charge < -0.3 is 10.2 Å². The van der Waals surface area contributed by atoms with Crippen molar-refractivity contribution in [3.8, 4) is 0 Å². The van der Waals surface area contributed by atoms with Crippen LogP contribution in [-0.2, 0) is 11.2 Å². The summed E-state index contributed by atoms with van der Waals surface area (Å²) in [7, 11) is 0. The first-order valence-corrected chi connectivity index (χ1v) is 11.0. The van der Waals surface area contributed by atoms with Crippen molar-refractivity contribution in [2.24, 2.45) is 5.92 Å². The fraction of sp³-hybridized carbons (Fsp3) is 0.440. The van der Waals surface area contributed by atoms with E-state index in [1.165, 1.54) is 18.4 Å². The molecule has 0 radical (unpaired) electrons. The van der Waals surface area contributed by atoms with Gasteiger partial charge in [0.2, 0.25) is 5.91 Å². The van der Waals surface area contributed by atoms with E-state index in [4.69, 9.17) is 0 Å². The number of para-hydroxylation sites is 1. The van der Waals surface area contributed by atoms with Crippen LogP contribution in [0.3, 0.4) is 0 Å². The first kappa shape index (κ1) is 19.7. The SMILES string of the molecule is O=C(Nc1ccc(C(=O)N2CCCCCc3ccccc32)cc1)C1CCCCC1. The highest BCUT2D eigenvalue weighted by Gasteiger charge is 2.23. The molecule has 0 spiro atoms. The third-order valence-corrected chi connectivity index (χ3v) is 6.23. The highest BCUT2D eigenvalue weighted by atomic mass is 16.2. The van der Waals surface area contributed by atoms with Crippen molar-refractivity contribution in [3.63, 3.8) is 0 Å². The molecule has 152 valence electrons. The predicted octanol–water partition coefficient (Wildman–Crippen LogP) is 5.58. The Morgan fingerprint density at radius 3 is 2.34 bits per heavy atom. The molecule has 1 aliphatic carbocycles. The molecule has 29 heavy (non-hydrogen) atoms. The van der Waals surface area contributed by atoms with Crippen molar-refractivity contribution in [1.82, 2.24) is 0 Å². The van der Waals surface area contributed by atoms with E-state index in [0.717, 1.165) is 62.9 Å². The van der Waals surface area contributed by atoms with E-state index in [9.17, 15) is 9.59 Å². The number of aryl methyl sites for hydroxylation is 1. The van der Waals surface area contributed by atoms with Crippen LogP contribution >= 0.6 is 0 Å². The maximum atomic E-state index is 13.2. The molecule has 1 fully saturated rings. The molecule has 2 aromatic carbocycles. The van der Waals surface area contributed by atoms with Gasteiger partial charge in [-0.15, -0.1) is 0 Å². The summed E-state index contributed by atoms with van der Waals surface area (Å²) in [4.78, 5) is 27.6. The fourth-order valence-electron chi connectivity index (χ4n) is 4.54. The van der Waals surface area contributed by atoms with Crippen LogP contribution in [0, 0.1) is 5.92 Å². The number of fused-ring (bicyclic) bond motifs is 1. The highest BCUT2D eigenvalue weighted by molar-refractivity contribution is 6.07. The maximum absolute atomic E-state index is 13.2. The number of nitrogens with zero attached hydrogens (tertiary/aromatic N) is 1. The van der Waals surface area contributed by atoms with Crippen LogP contribution in [0.2, 0.25) is 0 Å². The van der Waals surface area contributed by atoms with Gasteiger partial charge in [-0.05, 0) is 68.0 Å². The van der Waals surface area contributed by atoms with Crippen LogP contribution < -0.4 is 10.2 Å². The normalized spacial score (nSPS) is 17.7. The largest absolute Gasteiger partial charge is 0.326 e. The zero-order valence-corrected chi connectivity index (χ0v) is 17.0. The summed E-state index contributed by atoms with van der Waals surface area (Å²) in [5.41, 5.74) is 3.71. The van der Waals surface area contributed by atoms with Gasteiger partial charge in [0.1, 0.15) is 0 Å². The third kappa shape index (κ3) is 4.69. The summed E-state index contributed by atoms with van der Waals surface area (Å²) < 4.78 is 0. The molecule has 0 saturated heterocycles. The van der Waals surface area contributed by atoms with Gasteiger partial charge in [-0.2, -0.15) is 0 Å². The van der Waals surface area contributed by atoms with Crippen molar-refractivity contribution < 1.29 is 9.59 Å². The van der Waals surface area contributed by atoms with Crippen LogP contribution in [0.1, 0.15) is 67.3 Å². The first-order chi connectivity index (χ1) is 14.2. The lowest BCUT2D eigenvalue weighted by molar-refractivity contribution is -0.120. The molecule has 4 rings (SSSR count). The monoisotopic (exact) mass is 390 g/mol. The molecule has 0 unspecified atom stereocenters. The van der Waals surface area contributed by atoms with Gasteiger partial charge in [0.15, 0.2) is 0 Å². The Kier molecular flexibility index (Phi) is 6.28. The highest BCUT2D eigenvalue weighted by Crippen LogP contribution is 2.28. The lowest BCUT2D eigenvalue weighted by atomic mass is 9.88. The summed E-state index contributed by atoms with van der Waals surface area (Å²) in [6.07, 6.45) is 9.85. The number of carbonyl (C=O) groups is 2. The van der Waals surface area contributed by atoms with Crippen LogP contribution in [0.4, 0.5) is 11.4 Å². The molecule has 2 aromatic rings. The lowest BCUT2D eigenvalue weighted by Crippen LogP contribution is -2.33. The second-order valence-corrected chi connectivity index (χ2v) is 8.30. The molecule has 1 aliphatic heterocycles. The number of hydrogen-bond acceptors (Lipinski definition) is 2. The van der Waals surface area contributed by atoms with E-state index < -0.39 is 0 Å². The van der Waals surface area contributed by atoms with Crippen molar-refractivity contribution in [3.05, 3.63) is 59.7 Å². The van der Waals surface area contributed by atoms with E-state index >= 15 is 0 Å². The standard InChI is InChI=1S/C25H30N2O2/c28-24(20-11-3-1-4-12-20)26-22-16-14-21(15-17-22)25(29)27-18-8-2-5-9-19-10-6-7-13-23(19)27/h6-7,10,13-17,20H,1-5,8-9,11-12,18H2,(H,26,28). The predicted molar refractivity (Wildman–Crippen MR) is 117 cm³/mol. The Hall–Kier alpha value is -2.62. The lowest BCUT2D eigenvalue weighted by Gasteiger charge is -2.27. The Morgan fingerprint density at radius 1 is 0.828 bits per heavy atom. The van der Waals surface area contributed by atoms with Crippen LogP contribution in [0.5, 0.6) is 0 Å². The summed E-state index contributed by atoms with van der Waals surface area (Å²) >= 11 is 0. The Morgan fingerprint density at radius 2 is 1.55 bits per heavy atom. The average Bonchev–Trinajstić information content (AvgIpc) is 2.75. The number of nitrogens with one attached hydrogen (secondary N) is 1. The number of amides is 2. The number of anilines is 2. The quantitative estimate of drug-likeness (QED) is 0.744. The molecule has 1 saturated carbocycles. The van der Waals surface area contributed by atoms with E-state index in [1.807, 2.05) is 41.3 Å². The van der Waals surface area contributed by atoms with Crippen molar-refractivity contribution >= 4 is 23.2 Å². The van der Waals surface area contributed by atoms with Crippen molar-refractivity contribution in [2.75, 3.05) is 16.8 Å². The molecule has 0 atom stereocenters. The number of benzene rings is 2. The van der Waals surface area contributed by atoms with Gasteiger partial charge in [0.25, 0.3) is 5.91 Å². The summed E-state index contributed by atoms with van der Waals surface area (Å²) in [6, 6.07) is 15.6. The summed E-state index contributed by atoms with van der Waals surface area (Å²) in [5, 5.41) is 3.03. The van der Waals surface area contributed by atoms with Crippen LogP contribution in [-0.4, -0.2) is 18.4 Å². The summed E-state index contributed by atoms with van der Waals surface area (Å²) in [5.74, 6) is 0.272. The molecular formula is C25H30N2O2. The molecule has 0 aromatic heterocycles. The molecular weight excluding hydrogens is 360 g/mol. The molecule has 4 heteroatoms. The second kappa shape index (κ2) is 9.25. The van der Waals surface area contributed by atoms with Gasteiger partial charge in [-0.25, -0.2) is 0 Å². The fourth-order valence-corrected chi connectivity index (χ4v) is 4.54. The minimum Gasteiger partial charge on any atom is -0.326 e. The molecule has 1 heterocycles. The van der Waals surface area contributed by atoms with Gasteiger partial charge >= 0.3 is 0 Å². The van der Waals surface area contributed by atoms with E-state index in [1.54, 1.807) is 0 Å². The number of hydrogen-bond donors (Lipinski definition) is 1. The van der Waals surface area contributed by atoms with Gasteiger partial charge in [0.05, 0.1) is 0 Å². The third-order valence-electron chi connectivity index (χ3n) is 6.23. The molecule has 4 nitrogen and oxygen atoms in total. The Balaban J connectivity index is 1.47. The van der Waals surface area contributed by atoms with Gasteiger partial charge in [0, 0.05) is 29.4 Å². The number of rotatable bonds is 3. The Bertz CT molecular complexity index is 853. The van der Waals surface area contributed by atoms with Crippen LogP contribution in [0.15, 0.2) is 48.5 Å². The smallest absolute Gasteiger partial charge is 0.258 e. The van der Waals surface area contributed by atoms with E-state index in [2.05, 4.69) is 17.4 Å². The Labute approximate surface area is 173 Å². The van der Waals surface area contributed by atoms with E-state index in [-0.39, 0.29) is 17.7 Å². The van der Waals surface area contributed by atoms with Gasteiger partial charge in [-0.1, -0.05) is 43.9 Å². The molecule has 2 aliphatic rings. The van der Waals surface area contributed by atoms with Crippen LogP contribution in [0.25, 0.3) is 0 Å². The average molecular weight is 391 g/mol. The maximum Gasteiger partial charge on any atom is 0.258 e. The number of carbonyl (C=O) groups excluding carboxylic acids is 2. The second-order valence-electron chi connectivity index (χ2n) is 8.30. The minimum absolute atomic E-state index is 0.0320. The molecule has 2 amide bonds. The zero-order valence-electron chi connectivity index (χ0n) is 17.0. The molecule has 0 bridgehead atoms. The zero-order chi connectivity index (χ0) is 20.1. The molecule has 1 N–H and O–H groups in total. The minimum atomic E-state index is 0.0320. The van der Waals surface area contributed by atoms with Gasteiger partial charge in [-0.3, -0.25) is 9.59 Å². The van der Waals surface area contributed by atoms with Crippen molar-refractivity contribution in [1.29, 1.82) is 0 Å². The van der Waals surface area contributed by atoms with Crippen molar-refractivity contribution in [2.45, 2.75) is 57.8 Å².